The van der Waals surface area contributed by atoms with E-state index < -0.39 is 0 Å². The van der Waals surface area contributed by atoms with Crippen molar-refractivity contribution in [2.45, 2.75) is 13.5 Å². The highest BCUT2D eigenvalue weighted by atomic mass is 127. The summed E-state index contributed by atoms with van der Waals surface area (Å²) in [6.45, 7) is 4.83. The number of carbonyl (C=O) groups excluding carboxylic acids is 1. The molecule has 0 radical (unpaired) electrons. The van der Waals surface area contributed by atoms with Gasteiger partial charge < -0.3 is 10.2 Å². The molecule has 1 saturated heterocycles. The number of aromatic nitrogens is 2. The predicted octanol–water partition coefficient (Wildman–Crippen LogP) is -0.412. The Morgan fingerprint density at radius 1 is 1.50 bits per heavy atom. The molecule has 1 amide bonds. The number of hydrogen-bond donors (Lipinski definition) is 1. The van der Waals surface area contributed by atoms with Gasteiger partial charge in [0.05, 0.1) is 3.57 Å². The fourth-order valence-electron chi connectivity index (χ4n) is 1.89. The van der Waals surface area contributed by atoms with Crippen molar-refractivity contribution in [3.63, 3.8) is 0 Å². The van der Waals surface area contributed by atoms with Crippen LogP contribution in [0, 0.1) is 10.5 Å². The van der Waals surface area contributed by atoms with Gasteiger partial charge in [0.2, 0.25) is 5.91 Å². The van der Waals surface area contributed by atoms with Crippen LogP contribution in [0.25, 0.3) is 0 Å². The minimum atomic E-state index is -0.147. The first-order valence-corrected chi connectivity index (χ1v) is 6.88. The summed E-state index contributed by atoms with van der Waals surface area (Å²) in [6, 6.07) is 0. The summed E-state index contributed by atoms with van der Waals surface area (Å²) in [5.41, 5.74) is -0.147. The van der Waals surface area contributed by atoms with Crippen LogP contribution in [0.1, 0.15) is 5.82 Å². The maximum atomic E-state index is 12.1. The smallest absolute Gasteiger partial charge is 0.267 e. The van der Waals surface area contributed by atoms with Gasteiger partial charge in [-0.05, 0) is 29.5 Å². The van der Waals surface area contributed by atoms with E-state index in [0.29, 0.717) is 22.5 Å². The van der Waals surface area contributed by atoms with Gasteiger partial charge in [0.25, 0.3) is 5.56 Å². The second-order valence-corrected chi connectivity index (χ2v) is 5.34. The largest absolute Gasteiger partial charge is 0.339 e. The van der Waals surface area contributed by atoms with Crippen LogP contribution in [-0.2, 0) is 11.3 Å². The Bertz CT molecular complexity index is 508. The van der Waals surface area contributed by atoms with Gasteiger partial charge in [0, 0.05) is 32.4 Å². The summed E-state index contributed by atoms with van der Waals surface area (Å²) < 4.78 is 1.97. The van der Waals surface area contributed by atoms with Crippen molar-refractivity contribution in [1.29, 1.82) is 0 Å². The summed E-state index contributed by atoms with van der Waals surface area (Å²) in [7, 11) is 0. The van der Waals surface area contributed by atoms with E-state index in [1.165, 1.54) is 10.8 Å². The van der Waals surface area contributed by atoms with E-state index >= 15 is 0 Å². The summed E-state index contributed by atoms with van der Waals surface area (Å²) >= 11 is 1.94. The molecule has 0 spiro atoms. The van der Waals surface area contributed by atoms with Crippen LogP contribution in [0.2, 0.25) is 0 Å². The second kappa shape index (κ2) is 5.79. The lowest BCUT2D eigenvalue weighted by Gasteiger charge is -2.27. The molecule has 0 unspecified atom stereocenters. The molecule has 98 valence electrons. The number of hydrogen-bond acceptors (Lipinski definition) is 4. The van der Waals surface area contributed by atoms with Gasteiger partial charge in [-0.3, -0.25) is 14.2 Å². The number of aryl methyl sites for hydroxylation is 1. The molecule has 1 aromatic rings. The van der Waals surface area contributed by atoms with Crippen molar-refractivity contribution in [3.8, 4) is 0 Å². The van der Waals surface area contributed by atoms with Gasteiger partial charge in [0.1, 0.15) is 12.4 Å². The summed E-state index contributed by atoms with van der Waals surface area (Å²) in [4.78, 5) is 29.9. The van der Waals surface area contributed by atoms with Gasteiger partial charge in [0.15, 0.2) is 0 Å². The standard InChI is InChI=1S/C11H15IN4O2/c1-8-14-6-9(12)11(18)16(8)7-10(17)15-4-2-13-3-5-15/h6,13H,2-5,7H2,1H3. The molecule has 7 heteroatoms. The van der Waals surface area contributed by atoms with Gasteiger partial charge in [-0.2, -0.15) is 0 Å². The van der Waals surface area contributed by atoms with E-state index in [-0.39, 0.29) is 18.0 Å². The predicted molar refractivity (Wildman–Crippen MR) is 75.4 cm³/mol. The number of rotatable bonds is 2. The average molecular weight is 362 g/mol. The second-order valence-electron chi connectivity index (χ2n) is 4.18. The molecule has 1 N–H and O–H groups in total. The number of carbonyl (C=O) groups is 1. The first-order chi connectivity index (χ1) is 8.59. The third-order valence-corrected chi connectivity index (χ3v) is 3.71. The number of amides is 1. The highest BCUT2D eigenvalue weighted by molar-refractivity contribution is 14.1. The van der Waals surface area contributed by atoms with Crippen molar-refractivity contribution < 1.29 is 4.79 Å². The molecule has 0 aromatic carbocycles. The molecule has 6 nitrogen and oxygen atoms in total. The van der Waals surface area contributed by atoms with Crippen LogP contribution >= 0.6 is 22.6 Å². The molecule has 1 fully saturated rings. The minimum Gasteiger partial charge on any atom is -0.339 e. The van der Waals surface area contributed by atoms with Crippen LogP contribution in [0.5, 0.6) is 0 Å². The van der Waals surface area contributed by atoms with Crippen LogP contribution in [0.4, 0.5) is 0 Å². The zero-order valence-corrected chi connectivity index (χ0v) is 12.3. The summed E-state index contributed by atoms with van der Waals surface area (Å²) in [5.74, 6) is 0.550. The molecule has 18 heavy (non-hydrogen) atoms. The van der Waals surface area contributed by atoms with Crippen LogP contribution in [0.15, 0.2) is 11.0 Å². The molecule has 0 saturated carbocycles. The molecule has 1 aliphatic heterocycles. The molecular weight excluding hydrogens is 347 g/mol. The Morgan fingerprint density at radius 2 is 2.17 bits per heavy atom. The Labute approximate surface area is 119 Å². The molecule has 0 bridgehead atoms. The molecule has 0 aliphatic carbocycles. The van der Waals surface area contributed by atoms with Crippen molar-refractivity contribution >= 4 is 28.5 Å². The quantitative estimate of drug-likeness (QED) is 0.727. The summed E-state index contributed by atoms with van der Waals surface area (Å²) in [5, 5.41) is 3.19. The minimum absolute atomic E-state index is 0.0227. The average Bonchev–Trinajstić information content (AvgIpc) is 2.40. The van der Waals surface area contributed by atoms with Gasteiger partial charge in [-0.15, -0.1) is 0 Å². The maximum Gasteiger partial charge on any atom is 0.267 e. The lowest BCUT2D eigenvalue weighted by molar-refractivity contribution is -0.132. The van der Waals surface area contributed by atoms with E-state index in [1.54, 1.807) is 11.8 Å². The fraction of sp³-hybridized carbons (Fsp3) is 0.545. The monoisotopic (exact) mass is 362 g/mol. The van der Waals surface area contributed by atoms with Gasteiger partial charge >= 0.3 is 0 Å². The lowest BCUT2D eigenvalue weighted by atomic mass is 10.3. The summed E-state index contributed by atoms with van der Waals surface area (Å²) in [6.07, 6.45) is 1.53. The highest BCUT2D eigenvalue weighted by Gasteiger charge is 2.18. The zero-order chi connectivity index (χ0) is 13.1. The number of nitrogens with one attached hydrogen (secondary N) is 1. The van der Waals surface area contributed by atoms with Crippen molar-refractivity contribution in [3.05, 3.63) is 25.9 Å². The molecule has 1 aromatic heterocycles. The first-order valence-electron chi connectivity index (χ1n) is 5.80. The Morgan fingerprint density at radius 3 is 2.83 bits per heavy atom. The highest BCUT2D eigenvalue weighted by Crippen LogP contribution is 2.00. The molecule has 2 rings (SSSR count). The van der Waals surface area contributed by atoms with E-state index in [0.717, 1.165) is 13.1 Å². The number of nitrogens with zero attached hydrogens (tertiary/aromatic N) is 3. The van der Waals surface area contributed by atoms with E-state index in [2.05, 4.69) is 10.3 Å². The van der Waals surface area contributed by atoms with Crippen LogP contribution < -0.4 is 10.9 Å². The Kier molecular flexibility index (Phi) is 4.33. The normalized spacial score (nSPS) is 15.8. The molecule has 1 aliphatic rings. The number of halogens is 1. The van der Waals surface area contributed by atoms with Crippen molar-refractivity contribution in [1.82, 2.24) is 19.8 Å². The van der Waals surface area contributed by atoms with Crippen molar-refractivity contribution in [2.24, 2.45) is 0 Å². The first kappa shape index (κ1) is 13.5. The van der Waals surface area contributed by atoms with E-state index in [4.69, 9.17) is 0 Å². The van der Waals surface area contributed by atoms with Crippen LogP contribution in [-0.4, -0.2) is 46.5 Å². The Hall–Kier alpha value is -0.960. The zero-order valence-electron chi connectivity index (χ0n) is 10.1. The third kappa shape index (κ3) is 2.89. The van der Waals surface area contributed by atoms with Crippen LogP contribution in [0.3, 0.4) is 0 Å². The van der Waals surface area contributed by atoms with Gasteiger partial charge in [-0.1, -0.05) is 0 Å². The molecular formula is C11H15IN4O2. The van der Waals surface area contributed by atoms with Gasteiger partial charge in [-0.25, -0.2) is 4.98 Å². The third-order valence-electron chi connectivity index (χ3n) is 2.97. The lowest BCUT2D eigenvalue weighted by Crippen LogP contribution is -2.48. The molecule has 2 heterocycles. The van der Waals surface area contributed by atoms with E-state index in [9.17, 15) is 9.59 Å². The van der Waals surface area contributed by atoms with Crippen molar-refractivity contribution in [2.75, 3.05) is 26.2 Å². The Balaban J connectivity index is 2.16. The fourth-order valence-corrected chi connectivity index (χ4v) is 2.32. The topological polar surface area (TPSA) is 67.2 Å². The molecule has 0 atom stereocenters. The van der Waals surface area contributed by atoms with E-state index in [1.807, 2.05) is 22.6 Å². The maximum absolute atomic E-state index is 12.1. The SMILES string of the molecule is Cc1ncc(I)c(=O)n1CC(=O)N1CCNCC1. The number of piperazine rings is 1.